The van der Waals surface area contributed by atoms with E-state index in [9.17, 15) is 19.7 Å². The van der Waals surface area contributed by atoms with E-state index in [1.807, 2.05) is 11.0 Å². The molecule has 0 aliphatic carbocycles. The Morgan fingerprint density at radius 1 is 1.42 bits per heavy atom. The van der Waals surface area contributed by atoms with Crippen LogP contribution in [-0.4, -0.2) is 36.6 Å². The molecular weight excluding hydrogens is 404 g/mol. The van der Waals surface area contributed by atoms with Crippen LogP contribution in [0.4, 0.5) is 16.2 Å². The molecule has 0 spiro atoms. The molecule has 0 radical (unpaired) electrons. The van der Waals surface area contributed by atoms with Gasteiger partial charge < -0.3 is 24.7 Å². The summed E-state index contributed by atoms with van der Waals surface area (Å²) < 4.78 is 10.7. The Balaban J connectivity index is 1.74. The van der Waals surface area contributed by atoms with Crippen LogP contribution in [0.25, 0.3) is 0 Å². The van der Waals surface area contributed by atoms with Gasteiger partial charge in [-0.1, -0.05) is 0 Å². The quantitative estimate of drug-likeness (QED) is 0.413. The summed E-state index contributed by atoms with van der Waals surface area (Å²) in [6, 6.07) is 5.44. The number of aryl methyl sites for hydroxylation is 1. The molecule has 1 atom stereocenters. The predicted molar refractivity (Wildman–Crippen MR) is 111 cm³/mol. The number of hydrogen-bond acceptors (Lipinski definition) is 7. The van der Waals surface area contributed by atoms with Crippen LogP contribution in [0.2, 0.25) is 0 Å². The minimum Gasteiger partial charge on any atom is -0.467 e. The second kappa shape index (κ2) is 8.13. The largest absolute Gasteiger partial charge is 0.467 e. The van der Waals surface area contributed by atoms with Gasteiger partial charge in [0.1, 0.15) is 11.8 Å². The Hall–Kier alpha value is -3.82. The first kappa shape index (κ1) is 20.5. The van der Waals surface area contributed by atoms with Crippen molar-refractivity contribution in [3.05, 3.63) is 68.8 Å². The lowest BCUT2D eigenvalue weighted by Crippen LogP contribution is -2.48. The smallest absolute Gasteiger partial charge is 0.338 e. The maximum Gasteiger partial charge on any atom is 0.338 e. The van der Waals surface area contributed by atoms with Gasteiger partial charge in [-0.05, 0) is 44.0 Å². The SMILES string of the molecule is CCOC(=O)C1=C(CN2CCc3cc(C)c([N+](=O)[O-])cc32)NC(=O)N[C@@H]1c1ccco1. The topological polar surface area (TPSA) is 127 Å². The summed E-state index contributed by atoms with van der Waals surface area (Å²) in [6.45, 7) is 4.37. The number of esters is 1. The zero-order valence-corrected chi connectivity index (χ0v) is 17.1. The number of carbonyl (C=O) groups excluding carboxylic acids is 2. The summed E-state index contributed by atoms with van der Waals surface area (Å²) in [5.41, 5.74) is 2.96. The molecular formula is C21H22N4O6. The number of anilines is 1. The Morgan fingerprint density at radius 2 is 2.23 bits per heavy atom. The highest BCUT2D eigenvalue weighted by molar-refractivity contribution is 5.95. The average molecular weight is 426 g/mol. The molecule has 1 aromatic heterocycles. The zero-order chi connectivity index (χ0) is 22.1. The van der Waals surface area contributed by atoms with Crippen molar-refractivity contribution in [3.8, 4) is 0 Å². The number of furan rings is 1. The molecule has 3 heterocycles. The van der Waals surface area contributed by atoms with E-state index < -0.39 is 23.0 Å². The number of amides is 2. The molecule has 2 aliphatic rings. The third-order valence-corrected chi connectivity index (χ3v) is 5.41. The van der Waals surface area contributed by atoms with Gasteiger partial charge in [0, 0.05) is 23.9 Å². The lowest BCUT2D eigenvalue weighted by molar-refractivity contribution is -0.385. The van der Waals surface area contributed by atoms with Crippen LogP contribution in [0.5, 0.6) is 0 Å². The van der Waals surface area contributed by atoms with Gasteiger partial charge in [0.15, 0.2) is 0 Å². The van der Waals surface area contributed by atoms with Crippen LogP contribution in [0.15, 0.2) is 46.2 Å². The number of benzene rings is 1. The molecule has 1 aromatic carbocycles. The average Bonchev–Trinajstić information content (AvgIpc) is 3.37. The Morgan fingerprint density at radius 3 is 2.90 bits per heavy atom. The highest BCUT2D eigenvalue weighted by Gasteiger charge is 2.36. The molecule has 0 unspecified atom stereocenters. The van der Waals surface area contributed by atoms with Crippen molar-refractivity contribution in [2.45, 2.75) is 26.3 Å². The molecule has 0 saturated carbocycles. The normalized spacial score (nSPS) is 17.8. The van der Waals surface area contributed by atoms with Crippen LogP contribution >= 0.6 is 0 Å². The Bertz CT molecular complexity index is 1080. The monoisotopic (exact) mass is 426 g/mol. The number of fused-ring (bicyclic) bond motifs is 1. The zero-order valence-electron chi connectivity index (χ0n) is 17.1. The molecule has 0 fully saturated rings. The minimum absolute atomic E-state index is 0.0352. The maximum atomic E-state index is 12.8. The Kier molecular flexibility index (Phi) is 5.37. The number of rotatable bonds is 6. The van der Waals surface area contributed by atoms with Crippen LogP contribution in [0.1, 0.15) is 29.9 Å². The van der Waals surface area contributed by atoms with Gasteiger partial charge in [0.05, 0.1) is 35.6 Å². The van der Waals surface area contributed by atoms with Crippen LogP contribution in [0, 0.1) is 17.0 Å². The molecule has 10 heteroatoms. The molecule has 4 rings (SSSR count). The van der Waals surface area contributed by atoms with E-state index in [4.69, 9.17) is 9.15 Å². The van der Waals surface area contributed by atoms with E-state index in [1.54, 1.807) is 32.0 Å². The highest BCUT2D eigenvalue weighted by atomic mass is 16.6. The molecule has 2 N–H and O–H groups in total. The highest BCUT2D eigenvalue weighted by Crippen LogP contribution is 2.36. The maximum absolute atomic E-state index is 12.8. The van der Waals surface area contributed by atoms with E-state index in [1.165, 1.54) is 6.26 Å². The lowest BCUT2D eigenvalue weighted by Gasteiger charge is -2.30. The summed E-state index contributed by atoms with van der Waals surface area (Å²) in [5.74, 6) is -0.163. The molecule has 162 valence electrons. The van der Waals surface area contributed by atoms with Gasteiger partial charge in [-0.3, -0.25) is 10.1 Å². The fourth-order valence-electron chi connectivity index (χ4n) is 4.03. The number of nitrogens with zero attached hydrogens (tertiary/aromatic N) is 2. The molecule has 31 heavy (non-hydrogen) atoms. The predicted octanol–water partition coefficient (Wildman–Crippen LogP) is 2.73. The van der Waals surface area contributed by atoms with E-state index in [0.717, 1.165) is 11.3 Å². The number of ether oxygens (including phenoxy) is 1. The van der Waals surface area contributed by atoms with Crippen LogP contribution < -0.4 is 15.5 Å². The van der Waals surface area contributed by atoms with E-state index >= 15 is 0 Å². The molecule has 0 bridgehead atoms. The molecule has 2 aliphatic heterocycles. The van der Waals surface area contributed by atoms with Gasteiger partial charge in [-0.25, -0.2) is 9.59 Å². The van der Waals surface area contributed by atoms with Crippen molar-refractivity contribution >= 4 is 23.4 Å². The summed E-state index contributed by atoms with van der Waals surface area (Å²) in [5, 5.41) is 16.8. The fraction of sp³-hybridized carbons (Fsp3) is 0.333. The van der Waals surface area contributed by atoms with Crippen LogP contribution in [-0.2, 0) is 16.0 Å². The second-order valence-electron chi connectivity index (χ2n) is 7.36. The standard InChI is InChI=1S/C21H22N4O6/c1-3-30-20(26)18-14(22-21(27)23-19(18)17-5-4-8-31-17)11-24-7-6-13-9-12(2)15(25(28)29)10-16(13)24/h4-5,8-10,19H,3,6-7,11H2,1-2H3,(H2,22,23,27)/t19-/m1/s1. The molecule has 2 aromatic rings. The summed E-state index contributed by atoms with van der Waals surface area (Å²) in [6.07, 6.45) is 2.17. The number of hydrogen-bond donors (Lipinski definition) is 2. The number of carbonyl (C=O) groups is 2. The van der Waals surface area contributed by atoms with Gasteiger partial charge in [-0.15, -0.1) is 0 Å². The lowest BCUT2D eigenvalue weighted by atomic mass is 9.99. The van der Waals surface area contributed by atoms with Crippen molar-refractivity contribution in [2.24, 2.45) is 0 Å². The van der Waals surface area contributed by atoms with Gasteiger partial charge in [-0.2, -0.15) is 0 Å². The van der Waals surface area contributed by atoms with Crippen molar-refractivity contribution in [1.29, 1.82) is 0 Å². The van der Waals surface area contributed by atoms with Gasteiger partial charge >= 0.3 is 12.0 Å². The first-order chi connectivity index (χ1) is 14.9. The van der Waals surface area contributed by atoms with E-state index in [-0.39, 0.29) is 24.4 Å². The number of nitrogens with one attached hydrogen (secondary N) is 2. The van der Waals surface area contributed by atoms with Crippen LogP contribution in [0.3, 0.4) is 0 Å². The molecule has 10 nitrogen and oxygen atoms in total. The Labute approximate surface area is 178 Å². The summed E-state index contributed by atoms with van der Waals surface area (Å²) in [4.78, 5) is 38.1. The first-order valence-corrected chi connectivity index (χ1v) is 9.93. The van der Waals surface area contributed by atoms with Gasteiger partial charge in [0.25, 0.3) is 5.69 Å². The number of urea groups is 1. The number of nitro groups is 1. The third-order valence-electron chi connectivity index (χ3n) is 5.41. The first-order valence-electron chi connectivity index (χ1n) is 9.93. The third kappa shape index (κ3) is 3.83. The summed E-state index contributed by atoms with van der Waals surface area (Å²) in [7, 11) is 0. The minimum atomic E-state index is -0.799. The van der Waals surface area contributed by atoms with Crippen molar-refractivity contribution < 1.29 is 23.7 Å². The molecule has 0 saturated heterocycles. The molecule has 2 amide bonds. The number of nitro benzene ring substituents is 1. The van der Waals surface area contributed by atoms with E-state index in [2.05, 4.69) is 10.6 Å². The van der Waals surface area contributed by atoms with Crippen molar-refractivity contribution in [3.63, 3.8) is 0 Å². The summed E-state index contributed by atoms with van der Waals surface area (Å²) >= 11 is 0. The van der Waals surface area contributed by atoms with Crippen molar-refractivity contribution in [1.82, 2.24) is 10.6 Å². The van der Waals surface area contributed by atoms with E-state index in [0.29, 0.717) is 30.0 Å². The van der Waals surface area contributed by atoms with Gasteiger partial charge in [0.2, 0.25) is 0 Å². The fourth-order valence-corrected chi connectivity index (χ4v) is 4.03. The second-order valence-corrected chi connectivity index (χ2v) is 7.36. The van der Waals surface area contributed by atoms with Crippen molar-refractivity contribution in [2.75, 3.05) is 24.6 Å².